The van der Waals surface area contributed by atoms with E-state index in [1.54, 1.807) is 0 Å². The molecule has 0 saturated carbocycles. The Labute approximate surface area is 166 Å². The molecule has 0 spiro atoms. The lowest BCUT2D eigenvalue weighted by molar-refractivity contribution is 0.0527. The number of aliphatic imine (C=N–C) groups is 1. The molecule has 1 amide bonds. The van der Waals surface area contributed by atoms with E-state index in [1.807, 2.05) is 62.7 Å². The molecule has 0 aromatic carbocycles. The molecule has 2 rings (SSSR count). The van der Waals surface area contributed by atoms with Crippen LogP contribution in [0.15, 0.2) is 35.6 Å². The molecule has 0 radical (unpaired) electrons. The summed E-state index contributed by atoms with van der Waals surface area (Å²) in [7, 11) is 0. The summed E-state index contributed by atoms with van der Waals surface area (Å²) in [5.74, 6) is 0.767. The van der Waals surface area contributed by atoms with Gasteiger partial charge in [0.05, 0.1) is 5.69 Å². The van der Waals surface area contributed by atoms with Crippen LogP contribution in [0.1, 0.15) is 39.8 Å². The smallest absolute Gasteiger partial charge is 0.407 e. The lowest BCUT2D eigenvalue weighted by Crippen LogP contribution is -2.38. The molecule has 2 aromatic heterocycles. The van der Waals surface area contributed by atoms with Crippen LogP contribution in [-0.2, 0) is 11.2 Å². The van der Waals surface area contributed by atoms with Gasteiger partial charge in [-0.3, -0.25) is 4.99 Å². The molecule has 0 bridgehead atoms. The molecule has 0 aliphatic rings. The molecule has 8 heteroatoms. The molecular weight excluding hydrogens is 356 g/mol. The van der Waals surface area contributed by atoms with Crippen LogP contribution in [-0.4, -0.2) is 53.2 Å². The van der Waals surface area contributed by atoms with Crippen LogP contribution in [0.25, 0.3) is 5.65 Å². The summed E-state index contributed by atoms with van der Waals surface area (Å²) in [5.41, 5.74) is 1.51. The Morgan fingerprint density at radius 1 is 1.21 bits per heavy atom. The predicted molar refractivity (Wildman–Crippen MR) is 112 cm³/mol. The number of hydrogen-bond acceptors (Lipinski definition) is 4. The van der Waals surface area contributed by atoms with Crippen molar-refractivity contribution in [1.82, 2.24) is 25.3 Å². The van der Waals surface area contributed by atoms with Gasteiger partial charge >= 0.3 is 6.09 Å². The highest BCUT2D eigenvalue weighted by molar-refractivity contribution is 5.79. The van der Waals surface area contributed by atoms with Crippen molar-refractivity contribution in [3.63, 3.8) is 0 Å². The van der Waals surface area contributed by atoms with Crippen LogP contribution in [0.3, 0.4) is 0 Å². The Hall–Kier alpha value is -2.77. The molecule has 8 nitrogen and oxygen atoms in total. The zero-order valence-corrected chi connectivity index (χ0v) is 17.3. The van der Waals surface area contributed by atoms with Gasteiger partial charge < -0.3 is 25.1 Å². The van der Waals surface area contributed by atoms with Crippen molar-refractivity contribution in [2.45, 2.75) is 46.1 Å². The average Bonchev–Trinajstić information content (AvgIpc) is 3.02. The van der Waals surface area contributed by atoms with Gasteiger partial charge in [0.25, 0.3) is 0 Å². The molecule has 0 unspecified atom stereocenters. The average molecular weight is 389 g/mol. The minimum Gasteiger partial charge on any atom is -0.444 e. The minimum atomic E-state index is -0.481. The van der Waals surface area contributed by atoms with Crippen molar-refractivity contribution < 1.29 is 9.53 Å². The molecule has 2 aromatic rings. The molecule has 0 atom stereocenters. The molecule has 0 aliphatic carbocycles. The second-order valence-electron chi connectivity index (χ2n) is 7.42. The van der Waals surface area contributed by atoms with Gasteiger partial charge in [0.2, 0.25) is 0 Å². The molecule has 0 aliphatic heterocycles. The van der Waals surface area contributed by atoms with Gasteiger partial charge in [-0.05, 0) is 46.2 Å². The number of nitrogens with zero attached hydrogens (tertiary/aromatic N) is 3. The summed E-state index contributed by atoms with van der Waals surface area (Å²) in [5, 5.41) is 9.29. The Morgan fingerprint density at radius 2 is 2.04 bits per heavy atom. The van der Waals surface area contributed by atoms with Gasteiger partial charge in [-0.25, -0.2) is 9.78 Å². The van der Waals surface area contributed by atoms with E-state index in [0.717, 1.165) is 43.2 Å². The molecular formula is C20H32N6O2. The quantitative estimate of drug-likeness (QED) is 0.367. The first-order chi connectivity index (χ1) is 13.4. The number of rotatable bonds is 8. The van der Waals surface area contributed by atoms with E-state index >= 15 is 0 Å². The summed E-state index contributed by atoms with van der Waals surface area (Å²) in [6.07, 6.45) is 5.20. The van der Waals surface area contributed by atoms with Crippen LogP contribution in [0.4, 0.5) is 4.79 Å². The first-order valence-electron chi connectivity index (χ1n) is 9.79. The summed E-state index contributed by atoms with van der Waals surface area (Å²) in [6.45, 7) is 10.2. The third-order valence-corrected chi connectivity index (χ3v) is 3.70. The zero-order chi connectivity index (χ0) is 20.4. The number of hydrogen-bond donors (Lipinski definition) is 3. The van der Waals surface area contributed by atoms with Gasteiger partial charge in [0.1, 0.15) is 11.2 Å². The van der Waals surface area contributed by atoms with Crippen LogP contribution in [0, 0.1) is 0 Å². The number of aromatic nitrogens is 2. The summed E-state index contributed by atoms with van der Waals surface area (Å²) in [4.78, 5) is 20.7. The number of imidazole rings is 1. The summed E-state index contributed by atoms with van der Waals surface area (Å²) < 4.78 is 7.22. The minimum absolute atomic E-state index is 0.394. The number of amides is 1. The first kappa shape index (κ1) is 21.5. The van der Waals surface area contributed by atoms with Gasteiger partial charge in [-0.1, -0.05) is 6.07 Å². The number of fused-ring (bicyclic) bond motifs is 1. The maximum absolute atomic E-state index is 11.6. The Morgan fingerprint density at radius 3 is 2.75 bits per heavy atom. The van der Waals surface area contributed by atoms with Crippen LogP contribution < -0.4 is 16.0 Å². The maximum atomic E-state index is 11.6. The third-order valence-electron chi connectivity index (χ3n) is 3.70. The molecule has 3 N–H and O–H groups in total. The van der Waals surface area contributed by atoms with Crippen molar-refractivity contribution in [2.24, 2.45) is 4.99 Å². The topological polar surface area (TPSA) is 92.0 Å². The van der Waals surface area contributed by atoms with Gasteiger partial charge in [0, 0.05) is 45.0 Å². The summed E-state index contributed by atoms with van der Waals surface area (Å²) in [6, 6.07) is 5.97. The molecule has 0 saturated heterocycles. The van der Waals surface area contributed by atoms with Gasteiger partial charge in [0.15, 0.2) is 5.96 Å². The molecule has 28 heavy (non-hydrogen) atoms. The highest BCUT2D eigenvalue weighted by atomic mass is 16.6. The van der Waals surface area contributed by atoms with E-state index in [0.29, 0.717) is 13.1 Å². The van der Waals surface area contributed by atoms with Crippen molar-refractivity contribution in [3.05, 3.63) is 36.3 Å². The van der Waals surface area contributed by atoms with E-state index in [2.05, 4.69) is 25.9 Å². The lowest BCUT2D eigenvalue weighted by Gasteiger charge is -2.19. The van der Waals surface area contributed by atoms with Crippen LogP contribution in [0.5, 0.6) is 0 Å². The van der Waals surface area contributed by atoms with E-state index in [1.165, 1.54) is 0 Å². The predicted octanol–water partition coefficient (Wildman–Crippen LogP) is 2.35. The zero-order valence-electron chi connectivity index (χ0n) is 17.3. The standard InChI is InChI=1S/C20H32N6O2/c1-5-21-18(22-11-8-12-24-19(27)28-20(2,3)4)23-13-10-16-15-26-14-7-6-9-17(26)25-16/h6-7,9,14-15H,5,8,10-13H2,1-4H3,(H,24,27)(H2,21,22,23). The second-order valence-corrected chi connectivity index (χ2v) is 7.42. The summed E-state index contributed by atoms with van der Waals surface area (Å²) >= 11 is 0. The number of carbonyl (C=O) groups is 1. The van der Waals surface area contributed by atoms with Crippen LogP contribution >= 0.6 is 0 Å². The number of carbonyl (C=O) groups excluding carboxylic acids is 1. The van der Waals surface area contributed by atoms with E-state index in [9.17, 15) is 4.79 Å². The van der Waals surface area contributed by atoms with Crippen molar-refractivity contribution in [2.75, 3.05) is 26.2 Å². The first-order valence-corrected chi connectivity index (χ1v) is 9.79. The maximum Gasteiger partial charge on any atom is 0.407 e. The fraction of sp³-hybridized carbons (Fsp3) is 0.550. The number of ether oxygens (including phenoxy) is 1. The molecule has 0 fully saturated rings. The van der Waals surface area contributed by atoms with E-state index in [4.69, 9.17) is 4.74 Å². The van der Waals surface area contributed by atoms with Gasteiger partial charge in [-0.15, -0.1) is 0 Å². The third kappa shape index (κ3) is 7.85. The normalized spacial score (nSPS) is 12.1. The largest absolute Gasteiger partial charge is 0.444 e. The van der Waals surface area contributed by atoms with Crippen molar-refractivity contribution >= 4 is 17.7 Å². The number of alkyl carbamates (subject to hydrolysis) is 1. The number of pyridine rings is 1. The molecule has 2 heterocycles. The Bertz CT molecular complexity index is 745. The monoisotopic (exact) mass is 388 g/mol. The van der Waals surface area contributed by atoms with Crippen molar-refractivity contribution in [1.29, 1.82) is 0 Å². The van der Waals surface area contributed by atoms with Crippen molar-refractivity contribution in [3.8, 4) is 0 Å². The number of guanidine groups is 1. The lowest BCUT2D eigenvalue weighted by atomic mass is 10.2. The number of nitrogens with one attached hydrogen (secondary N) is 3. The Balaban J connectivity index is 1.70. The highest BCUT2D eigenvalue weighted by Gasteiger charge is 2.15. The molecule has 154 valence electrons. The van der Waals surface area contributed by atoms with Crippen LogP contribution in [0.2, 0.25) is 0 Å². The van der Waals surface area contributed by atoms with Gasteiger partial charge in [-0.2, -0.15) is 0 Å². The SMILES string of the molecule is CCNC(=NCCCNC(=O)OC(C)(C)C)NCCc1cn2ccccc2n1. The Kier molecular flexibility index (Phi) is 8.10. The second kappa shape index (κ2) is 10.5. The fourth-order valence-electron chi connectivity index (χ4n) is 2.53. The fourth-order valence-corrected chi connectivity index (χ4v) is 2.53. The van der Waals surface area contributed by atoms with E-state index < -0.39 is 11.7 Å². The van der Waals surface area contributed by atoms with E-state index in [-0.39, 0.29) is 0 Å². The highest BCUT2D eigenvalue weighted by Crippen LogP contribution is 2.06.